The van der Waals surface area contributed by atoms with Gasteiger partial charge in [0.2, 0.25) is 0 Å². The van der Waals surface area contributed by atoms with Gasteiger partial charge in [-0.05, 0) is 78.9 Å². The van der Waals surface area contributed by atoms with Crippen molar-refractivity contribution >= 4 is 34.9 Å². The molecule has 0 saturated heterocycles. The molecule has 0 bridgehead atoms. The Labute approximate surface area is 204 Å². The lowest BCUT2D eigenvalue weighted by Crippen LogP contribution is -2.11. The van der Waals surface area contributed by atoms with Gasteiger partial charge in [-0.1, -0.05) is 18.2 Å². The van der Waals surface area contributed by atoms with Crippen LogP contribution in [-0.2, 0) is 0 Å². The molecule has 0 aliphatic carbocycles. The van der Waals surface area contributed by atoms with E-state index in [1.807, 2.05) is 0 Å². The lowest BCUT2D eigenvalue weighted by Gasteiger charge is -2.18. The summed E-state index contributed by atoms with van der Waals surface area (Å²) < 4.78 is 54.8. The van der Waals surface area contributed by atoms with Crippen LogP contribution in [0.1, 0.15) is 12.0 Å². The number of benzene rings is 4. The summed E-state index contributed by atoms with van der Waals surface area (Å²) in [5.41, 5.74) is 1.33. The average Bonchev–Trinajstić information content (AvgIpc) is 2.83. The van der Waals surface area contributed by atoms with E-state index in [2.05, 4.69) is 4.99 Å². The zero-order valence-corrected chi connectivity index (χ0v) is 19.4. The van der Waals surface area contributed by atoms with Gasteiger partial charge < -0.3 is 0 Å². The largest absolute Gasteiger partial charge is 0.253 e. The number of hydrogen-bond donors (Lipinski definition) is 0. The molecule has 0 aliphatic rings. The number of nitrogens with zero attached hydrogens (tertiary/aromatic N) is 1. The first kappa shape index (κ1) is 24.1. The Morgan fingerprint density at radius 3 is 1.59 bits per heavy atom. The third-order valence-electron chi connectivity index (χ3n) is 4.80. The molecule has 1 nitrogen and oxygen atoms in total. The molecule has 4 rings (SSSR count). The molecule has 0 radical (unpaired) electrons. The SMILES string of the molecule is Fc1ccc(N=C(CC(Sc2ccc(F)cc2)Sc2ccc(F)cc2)c2ccccc2F)cc1. The van der Waals surface area contributed by atoms with E-state index in [-0.39, 0.29) is 22.0 Å². The highest BCUT2D eigenvalue weighted by molar-refractivity contribution is 8.17. The van der Waals surface area contributed by atoms with Gasteiger partial charge in [0.25, 0.3) is 0 Å². The van der Waals surface area contributed by atoms with E-state index in [9.17, 15) is 17.6 Å². The number of hydrogen-bond acceptors (Lipinski definition) is 3. The predicted octanol–water partition coefficient (Wildman–Crippen LogP) is 8.66. The minimum atomic E-state index is -0.416. The maximum Gasteiger partial charge on any atom is 0.132 e. The monoisotopic (exact) mass is 497 g/mol. The molecule has 172 valence electrons. The van der Waals surface area contributed by atoms with Crippen LogP contribution in [0.3, 0.4) is 0 Å². The normalized spacial score (nSPS) is 11.7. The molecule has 34 heavy (non-hydrogen) atoms. The average molecular weight is 498 g/mol. The van der Waals surface area contributed by atoms with Crippen LogP contribution in [0.5, 0.6) is 0 Å². The molecule has 0 fully saturated rings. The van der Waals surface area contributed by atoms with Crippen molar-refractivity contribution in [3.8, 4) is 0 Å². The first-order valence-corrected chi connectivity index (χ1v) is 12.1. The molecule has 0 aliphatic heterocycles. The molecule has 0 unspecified atom stereocenters. The minimum absolute atomic E-state index is 0.199. The van der Waals surface area contributed by atoms with E-state index in [0.717, 1.165) is 9.79 Å². The number of thioether (sulfide) groups is 2. The second-order valence-electron chi connectivity index (χ2n) is 7.29. The van der Waals surface area contributed by atoms with Crippen molar-refractivity contribution in [2.45, 2.75) is 20.8 Å². The fourth-order valence-corrected chi connectivity index (χ4v) is 5.71. The van der Waals surface area contributed by atoms with E-state index < -0.39 is 5.82 Å². The predicted molar refractivity (Wildman–Crippen MR) is 132 cm³/mol. The molecule has 7 heteroatoms. The second-order valence-corrected chi connectivity index (χ2v) is 10.1. The Balaban J connectivity index is 1.70. The zero-order chi connectivity index (χ0) is 23.9. The summed E-state index contributed by atoms with van der Waals surface area (Å²) in [5.74, 6) is -1.47. The van der Waals surface area contributed by atoms with Crippen LogP contribution >= 0.6 is 23.5 Å². The summed E-state index contributed by atoms with van der Waals surface area (Å²) in [4.78, 5) is 6.30. The van der Waals surface area contributed by atoms with E-state index in [4.69, 9.17) is 0 Å². The Hall–Kier alpha value is -3.03. The number of rotatable bonds is 8. The topological polar surface area (TPSA) is 12.4 Å². The van der Waals surface area contributed by atoms with Crippen LogP contribution in [0.4, 0.5) is 23.2 Å². The summed E-state index contributed by atoms with van der Waals surface area (Å²) in [7, 11) is 0. The molecule has 0 heterocycles. The fraction of sp³-hybridized carbons (Fsp3) is 0.0741. The Morgan fingerprint density at radius 2 is 1.09 bits per heavy atom. The van der Waals surface area contributed by atoms with Crippen LogP contribution in [0.25, 0.3) is 0 Å². The lowest BCUT2D eigenvalue weighted by atomic mass is 10.1. The highest BCUT2D eigenvalue weighted by atomic mass is 32.2. The first-order valence-electron chi connectivity index (χ1n) is 10.4. The molecule has 0 amide bonds. The molecule has 0 atom stereocenters. The fourth-order valence-electron chi connectivity index (χ4n) is 3.18. The highest BCUT2D eigenvalue weighted by Gasteiger charge is 2.19. The van der Waals surface area contributed by atoms with Crippen molar-refractivity contribution in [1.29, 1.82) is 0 Å². The molecule has 0 N–H and O–H groups in total. The standard InChI is InChI=1S/C27H19F4NS2/c28-18-5-11-21(12-6-18)32-26(24-3-1-2-4-25(24)31)17-27(33-22-13-7-19(29)8-14-22)34-23-15-9-20(30)10-16-23/h1-16,27H,17H2. The molecule has 0 aromatic heterocycles. The maximum absolute atomic E-state index is 14.8. The van der Waals surface area contributed by atoms with Crippen molar-refractivity contribution in [3.05, 3.63) is 126 Å². The molecule has 4 aromatic carbocycles. The van der Waals surface area contributed by atoms with Crippen molar-refractivity contribution in [1.82, 2.24) is 0 Å². The second kappa shape index (κ2) is 11.4. The van der Waals surface area contributed by atoms with Crippen LogP contribution in [-0.4, -0.2) is 10.3 Å². The molecule has 0 saturated carbocycles. The van der Waals surface area contributed by atoms with Gasteiger partial charge in [-0.2, -0.15) is 0 Å². The minimum Gasteiger partial charge on any atom is -0.253 e. The van der Waals surface area contributed by atoms with Crippen LogP contribution in [0.2, 0.25) is 0 Å². The third-order valence-corrected chi connectivity index (χ3v) is 7.32. The van der Waals surface area contributed by atoms with Gasteiger partial charge in [-0.15, -0.1) is 23.5 Å². The van der Waals surface area contributed by atoms with Gasteiger partial charge in [0, 0.05) is 21.8 Å². The summed E-state index contributed by atoms with van der Waals surface area (Å²) >= 11 is 2.96. The highest BCUT2D eigenvalue weighted by Crippen LogP contribution is 2.39. The molecular weight excluding hydrogens is 478 g/mol. The Bertz CT molecular complexity index is 1210. The summed E-state index contributed by atoms with van der Waals surface area (Å²) in [6.45, 7) is 0. The van der Waals surface area contributed by atoms with Crippen molar-refractivity contribution in [3.63, 3.8) is 0 Å². The van der Waals surface area contributed by atoms with Crippen molar-refractivity contribution < 1.29 is 17.6 Å². The Kier molecular flexibility index (Phi) is 8.08. The van der Waals surface area contributed by atoms with Crippen LogP contribution in [0, 0.1) is 23.3 Å². The maximum atomic E-state index is 14.8. The summed E-state index contributed by atoms with van der Waals surface area (Å²) in [6.07, 6.45) is 0.336. The van der Waals surface area contributed by atoms with Gasteiger partial charge in [0.15, 0.2) is 0 Å². The van der Waals surface area contributed by atoms with Crippen molar-refractivity contribution in [2.75, 3.05) is 0 Å². The van der Waals surface area contributed by atoms with E-state index in [0.29, 0.717) is 23.4 Å². The third kappa shape index (κ3) is 6.74. The molecular formula is C27H19F4NS2. The van der Waals surface area contributed by atoms with E-state index in [1.54, 1.807) is 42.5 Å². The molecule has 4 aromatic rings. The van der Waals surface area contributed by atoms with Gasteiger partial charge in [-0.3, -0.25) is 4.99 Å². The van der Waals surface area contributed by atoms with Crippen molar-refractivity contribution in [2.24, 2.45) is 4.99 Å². The lowest BCUT2D eigenvalue weighted by molar-refractivity contribution is 0.624. The van der Waals surface area contributed by atoms with E-state index >= 15 is 0 Å². The van der Waals surface area contributed by atoms with Gasteiger partial charge >= 0.3 is 0 Å². The van der Waals surface area contributed by atoms with Gasteiger partial charge in [0.1, 0.15) is 23.3 Å². The van der Waals surface area contributed by atoms with Gasteiger partial charge in [0.05, 0.1) is 16.0 Å². The summed E-state index contributed by atoms with van der Waals surface area (Å²) in [5, 5.41) is 0. The van der Waals surface area contributed by atoms with E-state index in [1.165, 1.54) is 78.1 Å². The quantitative estimate of drug-likeness (QED) is 0.104. The summed E-state index contributed by atoms with van der Waals surface area (Å²) in [6, 6.07) is 24.3. The molecule has 0 spiro atoms. The number of aliphatic imine (C=N–C) groups is 1. The zero-order valence-electron chi connectivity index (χ0n) is 17.8. The smallest absolute Gasteiger partial charge is 0.132 e. The Morgan fingerprint density at radius 1 is 0.618 bits per heavy atom. The van der Waals surface area contributed by atoms with Gasteiger partial charge in [-0.25, -0.2) is 17.6 Å². The van der Waals surface area contributed by atoms with Crippen LogP contribution in [0.15, 0.2) is 112 Å². The van der Waals surface area contributed by atoms with Crippen LogP contribution < -0.4 is 0 Å². The first-order chi connectivity index (χ1) is 16.5. The number of halogens is 4.